The Morgan fingerprint density at radius 1 is 1.35 bits per heavy atom. The maximum Gasteiger partial charge on any atom is 0.410 e. The molecular weight excluding hydrogens is 282 g/mol. The molecule has 17 heavy (non-hydrogen) atoms. The highest BCUT2D eigenvalue weighted by Gasteiger charge is 2.35. The summed E-state index contributed by atoms with van der Waals surface area (Å²) in [5.41, 5.74) is 1.17. The number of amides is 1. The average Bonchev–Trinajstić information content (AvgIpc) is 2.71. The van der Waals surface area contributed by atoms with Crippen LogP contribution in [0.5, 0.6) is 0 Å². The van der Waals surface area contributed by atoms with Gasteiger partial charge in [-0.15, -0.1) is 0 Å². The molecule has 1 amide bonds. The van der Waals surface area contributed by atoms with Crippen molar-refractivity contribution in [1.82, 2.24) is 4.90 Å². The SMILES string of the molecule is COC(=O)N1[C@H](C)CC[C@@H]1c1ccc(Br)cc1. The molecule has 1 aliphatic heterocycles. The van der Waals surface area contributed by atoms with Crippen molar-refractivity contribution in [3.05, 3.63) is 34.3 Å². The van der Waals surface area contributed by atoms with E-state index >= 15 is 0 Å². The number of benzene rings is 1. The molecule has 1 aromatic carbocycles. The fraction of sp³-hybridized carbons (Fsp3) is 0.462. The molecule has 3 nitrogen and oxygen atoms in total. The molecule has 0 aromatic heterocycles. The van der Waals surface area contributed by atoms with E-state index in [2.05, 4.69) is 35.0 Å². The summed E-state index contributed by atoms with van der Waals surface area (Å²) in [6.45, 7) is 2.07. The predicted octanol–water partition coefficient (Wildman–Crippen LogP) is 3.74. The van der Waals surface area contributed by atoms with E-state index < -0.39 is 0 Å². The lowest BCUT2D eigenvalue weighted by molar-refractivity contribution is 0.105. The number of rotatable bonds is 1. The van der Waals surface area contributed by atoms with E-state index in [4.69, 9.17) is 4.74 Å². The molecule has 92 valence electrons. The van der Waals surface area contributed by atoms with Gasteiger partial charge in [-0.25, -0.2) is 4.79 Å². The van der Waals surface area contributed by atoms with Gasteiger partial charge in [0.25, 0.3) is 0 Å². The van der Waals surface area contributed by atoms with Crippen molar-refractivity contribution in [1.29, 1.82) is 0 Å². The van der Waals surface area contributed by atoms with Crippen LogP contribution in [0, 0.1) is 0 Å². The summed E-state index contributed by atoms with van der Waals surface area (Å²) in [5.74, 6) is 0. The summed E-state index contributed by atoms with van der Waals surface area (Å²) in [6.07, 6.45) is 1.79. The third-order valence-corrected chi connectivity index (χ3v) is 3.84. The number of hydrogen-bond acceptors (Lipinski definition) is 2. The topological polar surface area (TPSA) is 29.5 Å². The van der Waals surface area contributed by atoms with E-state index in [1.54, 1.807) is 0 Å². The molecule has 0 unspecified atom stereocenters. The van der Waals surface area contributed by atoms with Crippen molar-refractivity contribution in [3.8, 4) is 0 Å². The van der Waals surface area contributed by atoms with Crippen LogP contribution in [0.2, 0.25) is 0 Å². The van der Waals surface area contributed by atoms with E-state index in [0.29, 0.717) is 0 Å². The number of likely N-dealkylation sites (tertiary alicyclic amines) is 1. The van der Waals surface area contributed by atoms with Gasteiger partial charge in [-0.1, -0.05) is 28.1 Å². The summed E-state index contributed by atoms with van der Waals surface area (Å²) in [6, 6.07) is 8.52. The number of methoxy groups -OCH3 is 1. The summed E-state index contributed by atoms with van der Waals surface area (Å²) >= 11 is 3.42. The van der Waals surface area contributed by atoms with Gasteiger partial charge in [-0.3, -0.25) is 4.90 Å². The Balaban J connectivity index is 2.25. The first-order valence-corrected chi connectivity index (χ1v) is 6.54. The van der Waals surface area contributed by atoms with Gasteiger partial charge < -0.3 is 4.74 Å². The zero-order valence-corrected chi connectivity index (χ0v) is 11.6. The van der Waals surface area contributed by atoms with Gasteiger partial charge in [0.15, 0.2) is 0 Å². The van der Waals surface area contributed by atoms with Crippen molar-refractivity contribution < 1.29 is 9.53 Å². The largest absolute Gasteiger partial charge is 0.453 e. The first-order chi connectivity index (χ1) is 8.13. The molecule has 0 saturated carbocycles. The highest BCUT2D eigenvalue weighted by molar-refractivity contribution is 9.10. The second-order valence-corrected chi connectivity index (χ2v) is 5.29. The minimum absolute atomic E-state index is 0.144. The van der Waals surface area contributed by atoms with Crippen molar-refractivity contribution in [2.24, 2.45) is 0 Å². The third kappa shape index (κ3) is 2.46. The minimum Gasteiger partial charge on any atom is -0.453 e. The van der Waals surface area contributed by atoms with Gasteiger partial charge in [-0.2, -0.15) is 0 Å². The third-order valence-electron chi connectivity index (χ3n) is 3.31. The van der Waals surface area contributed by atoms with Crippen LogP contribution in [-0.4, -0.2) is 24.1 Å². The molecule has 0 N–H and O–H groups in total. The average molecular weight is 298 g/mol. The Kier molecular flexibility index (Phi) is 3.72. The van der Waals surface area contributed by atoms with Gasteiger partial charge in [0.1, 0.15) is 0 Å². The molecule has 1 aromatic rings. The molecule has 0 radical (unpaired) electrons. The quantitative estimate of drug-likeness (QED) is 0.790. The Morgan fingerprint density at radius 2 is 2.00 bits per heavy atom. The maximum absolute atomic E-state index is 11.8. The lowest BCUT2D eigenvalue weighted by atomic mass is 10.1. The van der Waals surface area contributed by atoms with E-state index in [-0.39, 0.29) is 18.2 Å². The monoisotopic (exact) mass is 297 g/mol. The molecular formula is C13H16BrNO2. The Hall–Kier alpha value is -1.03. The second-order valence-electron chi connectivity index (χ2n) is 4.37. The van der Waals surface area contributed by atoms with Gasteiger partial charge in [0.05, 0.1) is 13.2 Å². The molecule has 0 spiro atoms. The van der Waals surface area contributed by atoms with Crippen LogP contribution in [0.15, 0.2) is 28.7 Å². The smallest absolute Gasteiger partial charge is 0.410 e. The number of halogens is 1. The highest BCUT2D eigenvalue weighted by atomic mass is 79.9. The van der Waals surface area contributed by atoms with E-state index in [1.807, 2.05) is 17.0 Å². The number of ether oxygens (including phenoxy) is 1. The molecule has 2 atom stereocenters. The van der Waals surface area contributed by atoms with Crippen LogP contribution >= 0.6 is 15.9 Å². The van der Waals surface area contributed by atoms with Gasteiger partial charge in [0, 0.05) is 10.5 Å². The lowest BCUT2D eigenvalue weighted by Gasteiger charge is -2.27. The first-order valence-electron chi connectivity index (χ1n) is 5.75. The molecule has 1 heterocycles. The summed E-state index contributed by atoms with van der Waals surface area (Å²) in [5, 5.41) is 0. The van der Waals surface area contributed by atoms with Crippen LogP contribution < -0.4 is 0 Å². The zero-order chi connectivity index (χ0) is 12.4. The van der Waals surface area contributed by atoms with Crippen LogP contribution in [0.4, 0.5) is 4.79 Å². The summed E-state index contributed by atoms with van der Waals surface area (Å²) in [7, 11) is 1.44. The van der Waals surface area contributed by atoms with E-state index in [1.165, 1.54) is 12.7 Å². The standard InChI is InChI=1S/C13H16BrNO2/c1-9-3-8-12(15(9)13(16)17-2)10-4-6-11(14)7-5-10/h4-7,9,12H,3,8H2,1-2H3/t9-,12-/m1/s1. The molecule has 1 saturated heterocycles. The van der Waals surface area contributed by atoms with Gasteiger partial charge in [0.2, 0.25) is 0 Å². The minimum atomic E-state index is -0.233. The predicted molar refractivity (Wildman–Crippen MR) is 69.8 cm³/mol. The van der Waals surface area contributed by atoms with Crippen LogP contribution in [0.25, 0.3) is 0 Å². The second kappa shape index (κ2) is 5.08. The van der Waals surface area contributed by atoms with Crippen LogP contribution in [-0.2, 0) is 4.74 Å². The highest BCUT2D eigenvalue weighted by Crippen LogP contribution is 2.36. The molecule has 4 heteroatoms. The molecule has 0 aliphatic carbocycles. The molecule has 1 aliphatic rings. The molecule has 2 rings (SSSR count). The summed E-state index contributed by atoms with van der Waals surface area (Å²) < 4.78 is 5.91. The van der Waals surface area contributed by atoms with Crippen molar-refractivity contribution in [3.63, 3.8) is 0 Å². The normalized spacial score (nSPS) is 23.8. The molecule has 0 bridgehead atoms. The van der Waals surface area contributed by atoms with E-state index in [0.717, 1.165) is 17.3 Å². The van der Waals surface area contributed by atoms with Gasteiger partial charge >= 0.3 is 6.09 Å². The molecule has 1 fully saturated rings. The first kappa shape index (κ1) is 12.4. The fourth-order valence-electron chi connectivity index (χ4n) is 2.41. The zero-order valence-electron chi connectivity index (χ0n) is 10.0. The number of carbonyl (C=O) groups excluding carboxylic acids is 1. The fourth-order valence-corrected chi connectivity index (χ4v) is 2.67. The number of nitrogens with zero attached hydrogens (tertiary/aromatic N) is 1. The van der Waals surface area contributed by atoms with Crippen molar-refractivity contribution >= 4 is 22.0 Å². The van der Waals surface area contributed by atoms with Crippen LogP contribution in [0.3, 0.4) is 0 Å². The van der Waals surface area contributed by atoms with Crippen molar-refractivity contribution in [2.75, 3.05) is 7.11 Å². The lowest BCUT2D eigenvalue weighted by Crippen LogP contribution is -2.35. The van der Waals surface area contributed by atoms with Crippen LogP contribution in [0.1, 0.15) is 31.4 Å². The van der Waals surface area contributed by atoms with Gasteiger partial charge in [-0.05, 0) is 37.5 Å². The van der Waals surface area contributed by atoms with E-state index in [9.17, 15) is 4.79 Å². The number of hydrogen-bond donors (Lipinski definition) is 0. The Bertz CT molecular complexity index is 404. The Labute approximate surface area is 110 Å². The number of carbonyl (C=O) groups is 1. The van der Waals surface area contributed by atoms with Crippen molar-refractivity contribution in [2.45, 2.75) is 31.8 Å². The summed E-state index contributed by atoms with van der Waals surface area (Å²) in [4.78, 5) is 13.6. The maximum atomic E-state index is 11.8. The Morgan fingerprint density at radius 3 is 2.59 bits per heavy atom.